The van der Waals surface area contributed by atoms with Gasteiger partial charge in [0.15, 0.2) is 0 Å². The van der Waals surface area contributed by atoms with Crippen LogP contribution in [0.5, 0.6) is 5.75 Å². The van der Waals surface area contributed by atoms with Crippen molar-refractivity contribution in [1.82, 2.24) is 14.4 Å². The number of halogens is 2. The molecule has 0 bridgehead atoms. The molecule has 4 rings (SSSR count). The Morgan fingerprint density at radius 3 is 2.88 bits per heavy atom. The highest BCUT2D eigenvalue weighted by molar-refractivity contribution is 8.93. The van der Waals surface area contributed by atoms with Crippen molar-refractivity contribution in [3.8, 4) is 17.0 Å². The molecule has 0 saturated heterocycles. The van der Waals surface area contributed by atoms with Crippen molar-refractivity contribution in [3.63, 3.8) is 0 Å². The van der Waals surface area contributed by atoms with Crippen LogP contribution in [0, 0.1) is 5.82 Å². The van der Waals surface area contributed by atoms with Crippen LogP contribution in [0.3, 0.4) is 0 Å². The lowest BCUT2D eigenvalue weighted by molar-refractivity contribution is 0.415. The minimum absolute atomic E-state index is 0. The van der Waals surface area contributed by atoms with Gasteiger partial charge in [0.1, 0.15) is 17.2 Å². The summed E-state index contributed by atoms with van der Waals surface area (Å²) < 4.78 is 20.8. The molecule has 128 valence electrons. The normalized spacial score (nSPS) is 10.6. The van der Waals surface area contributed by atoms with Gasteiger partial charge >= 0.3 is 0 Å². The Balaban J connectivity index is 0.00000182. The van der Waals surface area contributed by atoms with E-state index in [1.165, 1.54) is 23.5 Å². The van der Waals surface area contributed by atoms with Gasteiger partial charge in [0, 0.05) is 29.8 Å². The second-order valence-corrected chi connectivity index (χ2v) is 6.29. The third kappa shape index (κ3) is 3.57. The molecular formula is C18H15BrFN3OS. The van der Waals surface area contributed by atoms with Gasteiger partial charge in [-0.1, -0.05) is 6.07 Å². The van der Waals surface area contributed by atoms with Crippen molar-refractivity contribution in [2.45, 2.75) is 6.42 Å². The van der Waals surface area contributed by atoms with E-state index in [9.17, 15) is 4.39 Å². The Kier molecular flexibility index (Phi) is 5.15. The molecule has 0 aliphatic rings. The van der Waals surface area contributed by atoms with Crippen molar-refractivity contribution in [1.29, 1.82) is 0 Å². The van der Waals surface area contributed by atoms with Crippen molar-refractivity contribution < 1.29 is 9.13 Å². The SMILES string of the molecule is Br.COc1ccc(F)cc1-c1csc(Cc2cn3ccccc3n2)n1. The Hall–Kier alpha value is -2.25. The molecule has 0 atom stereocenters. The summed E-state index contributed by atoms with van der Waals surface area (Å²) in [4.78, 5) is 9.20. The topological polar surface area (TPSA) is 39.4 Å². The number of benzene rings is 1. The summed E-state index contributed by atoms with van der Waals surface area (Å²) in [6.07, 6.45) is 4.61. The Morgan fingerprint density at radius 2 is 2.08 bits per heavy atom. The molecule has 0 aliphatic heterocycles. The van der Waals surface area contributed by atoms with Gasteiger partial charge < -0.3 is 9.14 Å². The van der Waals surface area contributed by atoms with Gasteiger partial charge in [-0.25, -0.2) is 14.4 Å². The molecule has 4 aromatic rings. The maximum absolute atomic E-state index is 13.5. The fourth-order valence-corrected chi connectivity index (χ4v) is 3.43. The lowest BCUT2D eigenvalue weighted by atomic mass is 10.1. The largest absolute Gasteiger partial charge is 0.496 e. The van der Waals surface area contributed by atoms with E-state index >= 15 is 0 Å². The van der Waals surface area contributed by atoms with Crippen LogP contribution in [0.25, 0.3) is 16.9 Å². The molecule has 7 heteroatoms. The third-order valence-electron chi connectivity index (χ3n) is 3.74. The number of thiazole rings is 1. The molecule has 0 saturated carbocycles. The van der Waals surface area contributed by atoms with Crippen LogP contribution in [-0.4, -0.2) is 21.5 Å². The van der Waals surface area contributed by atoms with Gasteiger partial charge in [0.25, 0.3) is 0 Å². The smallest absolute Gasteiger partial charge is 0.136 e. The van der Waals surface area contributed by atoms with Gasteiger partial charge in [-0.15, -0.1) is 28.3 Å². The second kappa shape index (κ2) is 7.33. The fourth-order valence-electron chi connectivity index (χ4n) is 2.62. The first-order chi connectivity index (χ1) is 11.7. The van der Waals surface area contributed by atoms with Crippen molar-refractivity contribution >= 4 is 34.0 Å². The first kappa shape index (κ1) is 17.6. The van der Waals surface area contributed by atoms with E-state index in [-0.39, 0.29) is 22.8 Å². The highest BCUT2D eigenvalue weighted by atomic mass is 79.9. The van der Waals surface area contributed by atoms with Gasteiger partial charge in [0.05, 0.1) is 23.5 Å². The average Bonchev–Trinajstić information content (AvgIpc) is 3.21. The molecule has 1 aromatic carbocycles. The molecule has 0 aliphatic carbocycles. The molecule has 0 amide bonds. The highest BCUT2D eigenvalue weighted by Gasteiger charge is 2.12. The molecule has 0 unspecified atom stereocenters. The number of fused-ring (bicyclic) bond motifs is 1. The number of hydrogen-bond donors (Lipinski definition) is 0. The van der Waals surface area contributed by atoms with Crippen LogP contribution in [0.15, 0.2) is 54.2 Å². The third-order valence-corrected chi connectivity index (χ3v) is 4.58. The quantitative estimate of drug-likeness (QED) is 0.477. The van der Waals surface area contributed by atoms with E-state index in [1.807, 2.05) is 40.4 Å². The molecule has 4 nitrogen and oxygen atoms in total. The number of ether oxygens (including phenoxy) is 1. The first-order valence-electron chi connectivity index (χ1n) is 7.44. The molecular weight excluding hydrogens is 405 g/mol. The summed E-state index contributed by atoms with van der Waals surface area (Å²) in [5, 5.41) is 2.85. The summed E-state index contributed by atoms with van der Waals surface area (Å²) in [6.45, 7) is 0. The Labute approximate surface area is 158 Å². The van der Waals surface area contributed by atoms with Crippen molar-refractivity contribution in [2.75, 3.05) is 7.11 Å². The summed E-state index contributed by atoms with van der Waals surface area (Å²) >= 11 is 1.54. The van der Waals surface area contributed by atoms with Crippen molar-refractivity contribution in [2.24, 2.45) is 0 Å². The first-order valence-corrected chi connectivity index (χ1v) is 8.32. The molecule has 25 heavy (non-hydrogen) atoms. The molecule has 0 N–H and O–H groups in total. The molecule has 3 aromatic heterocycles. The van der Waals surface area contributed by atoms with Gasteiger partial charge in [-0.05, 0) is 30.3 Å². The van der Waals surface area contributed by atoms with Crippen LogP contribution in [0.2, 0.25) is 0 Å². The maximum Gasteiger partial charge on any atom is 0.136 e. The number of rotatable bonds is 4. The minimum atomic E-state index is -0.305. The van der Waals surface area contributed by atoms with E-state index in [0.717, 1.165) is 22.0 Å². The highest BCUT2D eigenvalue weighted by Crippen LogP contribution is 2.31. The lowest BCUT2D eigenvalue weighted by Crippen LogP contribution is -1.91. The monoisotopic (exact) mass is 419 g/mol. The number of aromatic nitrogens is 3. The maximum atomic E-state index is 13.5. The predicted octanol–water partition coefficient (Wildman–Crippen LogP) is 4.77. The number of pyridine rings is 1. The van der Waals surface area contributed by atoms with Crippen LogP contribution in [0.1, 0.15) is 10.7 Å². The number of hydrogen-bond acceptors (Lipinski definition) is 4. The van der Waals surface area contributed by atoms with Crippen LogP contribution in [0.4, 0.5) is 4.39 Å². The Morgan fingerprint density at radius 1 is 1.20 bits per heavy atom. The van der Waals surface area contributed by atoms with Gasteiger partial charge in [-0.2, -0.15) is 0 Å². The van der Waals surface area contributed by atoms with Gasteiger partial charge in [0.2, 0.25) is 0 Å². The molecule has 0 fully saturated rings. The zero-order valence-electron chi connectivity index (χ0n) is 13.3. The van der Waals surface area contributed by atoms with Crippen LogP contribution >= 0.6 is 28.3 Å². The van der Waals surface area contributed by atoms with E-state index < -0.39 is 0 Å². The van der Waals surface area contributed by atoms with E-state index in [4.69, 9.17) is 4.74 Å². The molecule has 3 heterocycles. The predicted molar refractivity (Wildman–Crippen MR) is 102 cm³/mol. The zero-order valence-corrected chi connectivity index (χ0v) is 15.9. The second-order valence-electron chi connectivity index (χ2n) is 5.35. The summed E-state index contributed by atoms with van der Waals surface area (Å²) in [5.74, 6) is 0.307. The van der Waals surface area contributed by atoms with Crippen LogP contribution in [-0.2, 0) is 6.42 Å². The average molecular weight is 420 g/mol. The standard InChI is InChI=1S/C18H14FN3OS.BrH/c1-23-16-6-5-12(19)8-14(16)15-11-24-18(21-15)9-13-10-22-7-3-2-4-17(22)20-13;/h2-8,10-11H,9H2,1H3;1H. The van der Waals surface area contributed by atoms with Crippen molar-refractivity contribution in [3.05, 3.63) is 70.7 Å². The number of imidazole rings is 1. The Bertz CT molecular complexity index is 981. The number of methoxy groups -OCH3 is 1. The molecule has 0 spiro atoms. The van der Waals surface area contributed by atoms with E-state index in [1.54, 1.807) is 13.2 Å². The minimum Gasteiger partial charge on any atom is -0.496 e. The zero-order chi connectivity index (χ0) is 16.5. The lowest BCUT2D eigenvalue weighted by Gasteiger charge is -2.05. The fraction of sp³-hybridized carbons (Fsp3) is 0.111. The van der Waals surface area contributed by atoms with Gasteiger partial charge in [-0.3, -0.25) is 0 Å². The summed E-state index contributed by atoms with van der Waals surface area (Å²) in [5.41, 5.74) is 3.24. The van der Waals surface area contributed by atoms with E-state index in [0.29, 0.717) is 17.7 Å². The van der Waals surface area contributed by atoms with E-state index in [2.05, 4.69) is 9.97 Å². The summed E-state index contributed by atoms with van der Waals surface area (Å²) in [7, 11) is 1.57. The number of nitrogens with zero attached hydrogens (tertiary/aromatic N) is 3. The summed E-state index contributed by atoms with van der Waals surface area (Å²) in [6, 6.07) is 10.3. The van der Waals surface area contributed by atoms with Crippen LogP contribution < -0.4 is 4.74 Å². The molecule has 0 radical (unpaired) electrons.